The van der Waals surface area contributed by atoms with Gasteiger partial charge in [-0.05, 0) is 13.0 Å². The number of hydrogen-bond acceptors (Lipinski definition) is 2. The Morgan fingerprint density at radius 1 is 1.45 bits per heavy atom. The molecular formula is C9H9O2. The number of rotatable bonds is 2. The summed E-state index contributed by atoms with van der Waals surface area (Å²) in [6.45, 7) is 1.83. The van der Waals surface area contributed by atoms with E-state index >= 15 is 0 Å². The first-order chi connectivity index (χ1) is 5.29. The molecule has 2 heteroatoms. The first-order valence-corrected chi connectivity index (χ1v) is 3.31. The lowest BCUT2D eigenvalue weighted by Crippen LogP contribution is -1.91. The van der Waals surface area contributed by atoms with Crippen molar-refractivity contribution in [1.82, 2.24) is 0 Å². The quantitative estimate of drug-likeness (QED) is 0.636. The van der Waals surface area contributed by atoms with E-state index in [1.54, 1.807) is 19.2 Å². The lowest BCUT2D eigenvalue weighted by Gasteiger charge is -2.04. The smallest absolute Gasteiger partial charge is 0.233 e. The number of carbonyl (C=O) groups excluding carboxylic acids is 1. The van der Waals surface area contributed by atoms with Gasteiger partial charge in [0.25, 0.3) is 0 Å². The molecule has 2 nitrogen and oxygen atoms in total. The molecule has 0 fully saturated rings. The zero-order chi connectivity index (χ0) is 8.27. The molecule has 11 heavy (non-hydrogen) atoms. The van der Waals surface area contributed by atoms with E-state index in [1.807, 2.05) is 19.3 Å². The average molecular weight is 149 g/mol. The maximum Gasteiger partial charge on any atom is 0.233 e. The Kier molecular flexibility index (Phi) is 2.26. The normalized spacial score (nSPS) is 9.27. The fourth-order valence-corrected chi connectivity index (χ4v) is 0.946. The van der Waals surface area contributed by atoms with Gasteiger partial charge in [0.1, 0.15) is 5.75 Å². The van der Waals surface area contributed by atoms with Gasteiger partial charge in [0.2, 0.25) is 6.29 Å². The maximum absolute atomic E-state index is 10.3. The molecule has 0 aromatic heterocycles. The fourth-order valence-electron chi connectivity index (χ4n) is 0.946. The number of benzene rings is 1. The Balaban J connectivity index is 3.20. The largest absolute Gasteiger partial charge is 0.496 e. The van der Waals surface area contributed by atoms with Crippen molar-refractivity contribution in [1.29, 1.82) is 0 Å². The van der Waals surface area contributed by atoms with Gasteiger partial charge in [-0.3, -0.25) is 4.79 Å². The van der Waals surface area contributed by atoms with Crippen molar-refractivity contribution in [2.24, 2.45) is 0 Å². The molecule has 0 spiro atoms. The first-order valence-electron chi connectivity index (χ1n) is 3.31. The zero-order valence-corrected chi connectivity index (χ0v) is 6.55. The third-order valence-electron chi connectivity index (χ3n) is 1.61. The van der Waals surface area contributed by atoms with E-state index in [2.05, 4.69) is 0 Å². The molecule has 1 aromatic rings. The van der Waals surface area contributed by atoms with Crippen LogP contribution in [-0.4, -0.2) is 13.4 Å². The highest BCUT2D eigenvalue weighted by molar-refractivity contribution is 5.78. The van der Waals surface area contributed by atoms with Gasteiger partial charge >= 0.3 is 0 Å². The molecule has 0 saturated carbocycles. The molecule has 0 saturated heterocycles. The molecule has 1 aromatic carbocycles. The minimum atomic E-state index is 0.560. The van der Waals surface area contributed by atoms with Crippen LogP contribution in [0, 0.1) is 6.92 Å². The van der Waals surface area contributed by atoms with Crippen molar-refractivity contribution >= 4 is 6.29 Å². The molecule has 0 N–H and O–H groups in total. The molecule has 1 radical (unpaired) electrons. The molecule has 57 valence electrons. The third-order valence-corrected chi connectivity index (χ3v) is 1.61. The van der Waals surface area contributed by atoms with Crippen LogP contribution in [0.5, 0.6) is 5.75 Å². The van der Waals surface area contributed by atoms with Gasteiger partial charge in [-0.1, -0.05) is 12.1 Å². The van der Waals surface area contributed by atoms with Crippen molar-refractivity contribution in [2.75, 3.05) is 7.11 Å². The van der Waals surface area contributed by atoms with E-state index in [1.165, 1.54) is 0 Å². The molecule has 0 amide bonds. The zero-order valence-electron chi connectivity index (χ0n) is 6.55. The van der Waals surface area contributed by atoms with Gasteiger partial charge in [-0.15, -0.1) is 0 Å². The second kappa shape index (κ2) is 3.19. The summed E-state index contributed by atoms with van der Waals surface area (Å²) in [6, 6.07) is 5.30. The SMILES string of the molecule is COc1cccc([C]=O)c1C. The lowest BCUT2D eigenvalue weighted by atomic mass is 10.1. The van der Waals surface area contributed by atoms with Crippen LogP contribution in [0.2, 0.25) is 0 Å². The van der Waals surface area contributed by atoms with Crippen LogP contribution in [-0.2, 0) is 4.79 Å². The Morgan fingerprint density at radius 3 is 2.73 bits per heavy atom. The van der Waals surface area contributed by atoms with Gasteiger partial charge in [0, 0.05) is 11.1 Å². The van der Waals surface area contributed by atoms with E-state index in [4.69, 9.17) is 4.74 Å². The Labute approximate surface area is 65.8 Å². The molecule has 0 aliphatic heterocycles. The van der Waals surface area contributed by atoms with Crippen LogP contribution >= 0.6 is 0 Å². The van der Waals surface area contributed by atoms with Crippen molar-refractivity contribution in [2.45, 2.75) is 6.92 Å². The summed E-state index contributed by atoms with van der Waals surface area (Å²) >= 11 is 0. The van der Waals surface area contributed by atoms with E-state index in [9.17, 15) is 4.79 Å². The minimum Gasteiger partial charge on any atom is -0.496 e. The predicted molar refractivity (Wildman–Crippen MR) is 42.5 cm³/mol. The average Bonchev–Trinajstić information content (AvgIpc) is 2.05. The summed E-state index contributed by atoms with van der Waals surface area (Å²) in [5.41, 5.74) is 1.40. The molecule has 0 aliphatic carbocycles. The van der Waals surface area contributed by atoms with Crippen molar-refractivity contribution < 1.29 is 9.53 Å². The van der Waals surface area contributed by atoms with Gasteiger partial charge in [0.05, 0.1) is 7.11 Å². The molecule has 0 bridgehead atoms. The molecule has 1 rings (SSSR count). The van der Waals surface area contributed by atoms with Gasteiger partial charge in [-0.25, -0.2) is 0 Å². The Morgan fingerprint density at radius 2 is 2.18 bits per heavy atom. The van der Waals surface area contributed by atoms with Crippen LogP contribution < -0.4 is 4.74 Å². The fraction of sp³-hybridized carbons (Fsp3) is 0.222. The van der Waals surface area contributed by atoms with Crippen LogP contribution in [0.15, 0.2) is 18.2 Å². The van der Waals surface area contributed by atoms with Crippen LogP contribution in [0.25, 0.3) is 0 Å². The van der Waals surface area contributed by atoms with Crippen molar-refractivity contribution in [3.63, 3.8) is 0 Å². The number of methoxy groups -OCH3 is 1. The van der Waals surface area contributed by atoms with Crippen molar-refractivity contribution in [3.05, 3.63) is 29.3 Å². The van der Waals surface area contributed by atoms with Gasteiger partial charge in [0.15, 0.2) is 0 Å². The molecular weight excluding hydrogens is 140 g/mol. The lowest BCUT2D eigenvalue weighted by molar-refractivity contribution is 0.411. The summed E-state index contributed by atoms with van der Waals surface area (Å²) < 4.78 is 5.01. The molecule has 0 atom stereocenters. The second-order valence-corrected chi connectivity index (χ2v) is 2.23. The van der Waals surface area contributed by atoms with Crippen LogP contribution in [0.3, 0.4) is 0 Å². The summed E-state index contributed by atoms with van der Waals surface area (Å²) in [6.07, 6.45) is 1.84. The highest BCUT2D eigenvalue weighted by Crippen LogP contribution is 2.18. The summed E-state index contributed by atoms with van der Waals surface area (Å²) in [5, 5.41) is 0. The van der Waals surface area contributed by atoms with Crippen molar-refractivity contribution in [3.8, 4) is 5.75 Å². The third kappa shape index (κ3) is 1.40. The van der Waals surface area contributed by atoms with Crippen LogP contribution in [0.4, 0.5) is 0 Å². The number of hydrogen-bond donors (Lipinski definition) is 0. The molecule has 0 unspecified atom stereocenters. The van der Waals surface area contributed by atoms with Gasteiger partial charge in [-0.2, -0.15) is 0 Å². The van der Waals surface area contributed by atoms with E-state index in [0.29, 0.717) is 5.56 Å². The predicted octanol–water partition coefficient (Wildman–Crippen LogP) is 1.46. The summed E-state index contributed by atoms with van der Waals surface area (Å²) in [4.78, 5) is 10.3. The van der Waals surface area contributed by atoms with Crippen LogP contribution in [0.1, 0.15) is 11.1 Å². The summed E-state index contributed by atoms with van der Waals surface area (Å²) in [7, 11) is 1.58. The van der Waals surface area contributed by atoms with E-state index < -0.39 is 0 Å². The molecule has 0 heterocycles. The molecule has 0 aliphatic rings. The highest BCUT2D eigenvalue weighted by atomic mass is 16.5. The summed E-state index contributed by atoms with van der Waals surface area (Å²) in [5.74, 6) is 0.728. The second-order valence-electron chi connectivity index (χ2n) is 2.23. The first kappa shape index (κ1) is 7.79. The Hall–Kier alpha value is -1.31. The highest BCUT2D eigenvalue weighted by Gasteiger charge is 2.01. The maximum atomic E-state index is 10.3. The standard InChI is InChI=1S/C9H9O2/c1-7-8(6-10)4-3-5-9(7)11-2/h3-5H,1-2H3. The minimum absolute atomic E-state index is 0.560. The Bertz CT molecular complexity index is 266. The topological polar surface area (TPSA) is 26.3 Å². The van der Waals surface area contributed by atoms with E-state index in [0.717, 1.165) is 11.3 Å². The number of ether oxygens (including phenoxy) is 1. The van der Waals surface area contributed by atoms with E-state index in [-0.39, 0.29) is 0 Å². The van der Waals surface area contributed by atoms with Gasteiger partial charge < -0.3 is 4.74 Å². The monoisotopic (exact) mass is 149 g/mol.